The van der Waals surface area contributed by atoms with Crippen LogP contribution in [-0.2, 0) is 25.4 Å². The standard InChI is InChI=1S/C18H24N2O5S/c21-17(19-16-9-15(10-16)18(22)23)14-7-4-8-20(11-14)26(24,25)12-13-5-2-1-3-6-13/h1-3,5-6,14-16H,4,7-12H2,(H,19,21)(H,22,23). The lowest BCUT2D eigenvalue weighted by molar-refractivity contribution is -0.146. The van der Waals surface area contributed by atoms with Gasteiger partial charge >= 0.3 is 5.97 Å². The third-order valence-electron chi connectivity index (χ3n) is 5.17. The zero-order valence-corrected chi connectivity index (χ0v) is 15.3. The van der Waals surface area contributed by atoms with Crippen LogP contribution in [0.5, 0.6) is 0 Å². The van der Waals surface area contributed by atoms with Crippen molar-refractivity contribution >= 4 is 21.9 Å². The molecule has 2 N–H and O–H groups in total. The fraction of sp³-hybridized carbons (Fsp3) is 0.556. The molecule has 1 saturated heterocycles. The van der Waals surface area contributed by atoms with Gasteiger partial charge in [-0.15, -0.1) is 0 Å². The van der Waals surface area contributed by atoms with E-state index >= 15 is 0 Å². The molecular weight excluding hydrogens is 356 g/mol. The van der Waals surface area contributed by atoms with Gasteiger partial charge in [-0.2, -0.15) is 0 Å². The van der Waals surface area contributed by atoms with Crippen LogP contribution in [0.25, 0.3) is 0 Å². The number of carboxylic acid groups (broad SMARTS) is 1. The van der Waals surface area contributed by atoms with E-state index in [4.69, 9.17) is 5.11 Å². The second kappa shape index (κ2) is 7.75. The lowest BCUT2D eigenvalue weighted by atomic mass is 9.80. The number of carbonyl (C=O) groups is 2. The summed E-state index contributed by atoms with van der Waals surface area (Å²) in [7, 11) is -3.47. The Morgan fingerprint density at radius 3 is 2.50 bits per heavy atom. The number of benzene rings is 1. The maximum atomic E-state index is 12.7. The predicted octanol–water partition coefficient (Wildman–Crippen LogP) is 1.21. The van der Waals surface area contributed by atoms with E-state index in [0.717, 1.165) is 5.56 Å². The number of hydrogen-bond donors (Lipinski definition) is 2. The molecule has 1 heterocycles. The normalized spacial score (nSPS) is 26.7. The van der Waals surface area contributed by atoms with Crippen LogP contribution in [0.4, 0.5) is 0 Å². The second-order valence-electron chi connectivity index (χ2n) is 7.15. The van der Waals surface area contributed by atoms with E-state index in [9.17, 15) is 18.0 Å². The van der Waals surface area contributed by atoms with Crippen molar-refractivity contribution in [3.05, 3.63) is 35.9 Å². The topological polar surface area (TPSA) is 104 Å². The number of carboxylic acids is 1. The van der Waals surface area contributed by atoms with Crippen molar-refractivity contribution in [1.82, 2.24) is 9.62 Å². The van der Waals surface area contributed by atoms with Crippen molar-refractivity contribution in [2.45, 2.75) is 37.5 Å². The molecular formula is C18H24N2O5S. The molecule has 1 saturated carbocycles. The number of hydrogen-bond acceptors (Lipinski definition) is 4. The van der Waals surface area contributed by atoms with Crippen molar-refractivity contribution < 1.29 is 23.1 Å². The Morgan fingerprint density at radius 2 is 1.85 bits per heavy atom. The molecule has 3 rings (SSSR count). The van der Waals surface area contributed by atoms with E-state index in [-0.39, 0.29) is 36.1 Å². The maximum absolute atomic E-state index is 12.7. The van der Waals surface area contributed by atoms with Crippen molar-refractivity contribution in [1.29, 1.82) is 0 Å². The first-order valence-corrected chi connectivity index (χ1v) is 10.5. The Morgan fingerprint density at radius 1 is 1.15 bits per heavy atom. The predicted molar refractivity (Wildman–Crippen MR) is 95.7 cm³/mol. The molecule has 142 valence electrons. The van der Waals surface area contributed by atoms with Gasteiger partial charge in [0.2, 0.25) is 15.9 Å². The lowest BCUT2D eigenvalue weighted by Gasteiger charge is -2.36. The summed E-state index contributed by atoms with van der Waals surface area (Å²) in [6.45, 7) is 0.625. The van der Waals surface area contributed by atoms with Gasteiger partial charge in [0.15, 0.2) is 0 Å². The lowest BCUT2D eigenvalue weighted by Crippen LogP contribution is -2.51. The number of carbonyl (C=O) groups excluding carboxylic acids is 1. The molecule has 0 bridgehead atoms. The highest BCUT2D eigenvalue weighted by atomic mass is 32.2. The van der Waals surface area contributed by atoms with Gasteiger partial charge < -0.3 is 10.4 Å². The van der Waals surface area contributed by atoms with Crippen molar-refractivity contribution in [3.8, 4) is 0 Å². The third-order valence-corrected chi connectivity index (χ3v) is 6.99. The van der Waals surface area contributed by atoms with Gasteiger partial charge in [-0.1, -0.05) is 30.3 Å². The first-order valence-electron chi connectivity index (χ1n) is 8.90. The first kappa shape index (κ1) is 18.8. The summed E-state index contributed by atoms with van der Waals surface area (Å²) in [6, 6.07) is 8.90. The summed E-state index contributed by atoms with van der Waals surface area (Å²) >= 11 is 0. The van der Waals surface area contributed by atoms with Crippen LogP contribution in [0.3, 0.4) is 0 Å². The molecule has 1 aliphatic heterocycles. The molecule has 26 heavy (non-hydrogen) atoms. The maximum Gasteiger partial charge on any atom is 0.306 e. The molecule has 0 spiro atoms. The number of piperidine rings is 1. The minimum absolute atomic E-state index is 0.0644. The number of nitrogens with zero attached hydrogens (tertiary/aromatic N) is 1. The van der Waals surface area contributed by atoms with E-state index < -0.39 is 16.0 Å². The molecule has 1 unspecified atom stereocenters. The highest BCUT2D eigenvalue weighted by molar-refractivity contribution is 7.88. The van der Waals surface area contributed by atoms with Gasteiger partial charge in [0.05, 0.1) is 17.6 Å². The van der Waals surface area contributed by atoms with E-state index in [2.05, 4.69) is 5.32 Å². The van der Waals surface area contributed by atoms with Crippen LogP contribution < -0.4 is 5.32 Å². The molecule has 7 nitrogen and oxygen atoms in total. The minimum Gasteiger partial charge on any atom is -0.481 e. The van der Waals surface area contributed by atoms with Gasteiger partial charge in [0, 0.05) is 19.1 Å². The SMILES string of the molecule is O=C(O)C1CC(NC(=O)C2CCCN(S(=O)(=O)Cc3ccccc3)C2)C1. The summed E-state index contributed by atoms with van der Waals surface area (Å²) < 4.78 is 26.7. The number of sulfonamides is 1. The monoisotopic (exact) mass is 380 g/mol. The molecule has 0 radical (unpaired) electrons. The molecule has 1 aliphatic carbocycles. The second-order valence-corrected chi connectivity index (χ2v) is 9.12. The van der Waals surface area contributed by atoms with Gasteiger partial charge in [0.1, 0.15) is 0 Å². The van der Waals surface area contributed by atoms with E-state index in [1.165, 1.54) is 4.31 Å². The molecule has 1 aromatic carbocycles. The minimum atomic E-state index is -3.47. The summed E-state index contributed by atoms with van der Waals surface area (Å²) in [6.07, 6.45) is 2.19. The van der Waals surface area contributed by atoms with Crippen LogP contribution in [0, 0.1) is 11.8 Å². The molecule has 1 atom stereocenters. The quantitative estimate of drug-likeness (QED) is 0.772. The van der Waals surface area contributed by atoms with Gasteiger partial charge in [0.25, 0.3) is 0 Å². The number of nitrogens with one attached hydrogen (secondary N) is 1. The Labute approximate surface area is 153 Å². The Kier molecular flexibility index (Phi) is 5.62. The Balaban J connectivity index is 1.55. The van der Waals surface area contributed by atoms with Crippen LogP contribution in [-0.4, -0.2) is 48.8 Å². The Hall–Kier alpha value is -1.93. The summed E-state index contributed by atoms with van der Waals surface area (Å²) in [4.78, 5) is 23.3. The molecule has 2 fully saturated rings. The fourth-order valence-electron chi connectivity index (χ4n) is 3.54. The molecule has 1 amide bonds. The average molecular weight is 380 g/mol. The van der Waals surface area contributed by atoms with Crippen LogP contribution >= 0.6 is 0 Å². The van der Waals surface area contributed by atoms with Crippen molar-refractivity contribution in [2.75, 3.05) is 13.1 Å². The molecule has 2 aliphatic rings. The van der Waals surface area contributed by atoms with Crippen molar-refractivity contribution in [2.24, 2.45) is 11.8 Å². The Bertz CT molecular complexity index is 759. The highest BCUT2D eigenvalue weighted by Crippen LogP contribution is 2.28. The average Bonchev–Trinajstić information content (AvgIpc) is 2.58. The summed E-state index contributed by atoms with van der Waals surface area (Å²) in [5.41, 5.74) is 0.730. The largest absolute Gasteiger partial charge is 0.481 e. The number of amides is 1. The van der Waals surface area contributed by atoms with E-state index in [1.807, 2.05) is 6.07 Å². The number of aliphatic carboxylic acids is 1. The van der Waals surface area contributed by atoms with Crippen LogP contribution in [0.1, 0.15) is 31.2 Å². The third kappa shape index (κ3) is 4.42. The zero-order valence-electron chi connectivity index (χ0n) is 14.5. The first-order chi connectivity index (χ1) is 12.3. The zero-order chi connectivity index (χ0) is 18.7. The van der Waals surface area contributed by atoms with E-state index in [1.54, 1.807) is 24.3 Å². The molecule has 0 aromatic heterocycles. The van der Waals surface area contributed by atoms with Crippen LogP contribution in [0.2, 0.25) is 0 Å². The van der Waals surface area contributed by atoms with Gasteiger partial charge in [-0.25, -0.2) is 12.7 Å². The summed E-state index contributed by atoms with van der Waals surface area (Å²) in [5.74, 6) is -1.82. The molecule has 8 heteroatoms. The van der Waals surface area contributed by atoms with Gasteiger partial charge in [-0.05, 0) is 31.2 Å². The number of rotatable bonds is 6. The van der Waals surface area contributed by atoms with Crippen molar-refractivity contribution in [3.63, 3.8) is 0 Å². The smallest absolute Gasteiger partial charge is 0.306 e. The van der Waals surface area contributed by atoms with Crippen LogP contribution in [0.15, 0.2) is 30.3 Å². The highest BCUT2D eigenvalue weighted by Gasteiger charge is 2.38. The fourth-order valence-corrected chi connectivity index (χ4v) is 5.15. The molecule has 1 aromatic rings. The summed E-state index contributed by atoms with van der Waals surface area (Å²) in [5, 5.41) is 11.8. The van der Waals surface area contributed by atoms with E-state index in [0.29, 0.717) is 32.2 Å². The van der Waals surface area contributed by atoms with Gasteiger partial charge in [-0.3, -0.25) is 9.59 Å².